The number of ether oxygens (including phenoxy) is 2. The Morgan fingerprint density at radius 1 is 1.20 bits per heavy atom. The van der Waals surface area contributed by atoms with Crippen LogP contribution in [0.4, 0.5) is 10.5 Å². The highest BCUT2D eigenvalue weighted by Gasteiger charge is 2.33. The molecule has 2 aromatic carbocycles. The lowest BCUT2D eigenvalue weighted by Crippen LogP contribution is -2.36. The molecular formula is C29H35N3O3. The molecule has 1 aliphatic rings. The van der Waals surface area contributed by atoms with E-state index >= 15 is 0 Å². The monoisotopic (exact) mass is 473 g/mol. The minimum absolute atomic E-state index is 0.0477. The summed E-state index contributed by atoms with van der Waals surface area (Å²) < 4.78 is 13.4. The molecule has 1 fully saturated rings. The van der Waals surface area contributed by atoms with E-state index in [4.69, 9.17) is 9.47 Å². The zero-order chi connectivity index (χ0) is 25.1. The average Bonchev–Trinajstić information content (AvgIpc) is 3.16. The van der Waals surface area contributed by atoms with Crippen molar-refractivity contribution in [3.05, 3.63) is 48.0 Å². The third-order valence-electron chi connectivity index (χ3n) is 7.32. The van der Waals surface area contributed by atoms with Crippen molar-refractivity contribution in [3.63, 3.8) is 0 Å². The van der Waals surface area contributed by atoms with Crippen molar-refractivity contribution in [1.82, 2.24) is 4.57 Å². The summed E-state index contributed by atoms with van der Waals surface area (Å²) in [5.74, 6) is 2.21. The number of hydrogen-bond acceptors (Lipinski definition) is 4. The largest absolute Gasteiger partial charge is 0.497 e. The first-order chi connectivity index (χ1) is 16.9. The summed E-state index contributed by atoms with van der Waals surface area (Å²) in [6.07, 6.45) is 2.75. The minimum atomic E-state index is -0.407. The zero-order valence-corrected chi connectivity index (χ0v) is 21.3. The number of benzene rings is 2. The van der Waals surface area contributed by atoms with E-state index in [0.717, 1.165) is 40.8 Å². The highest BCUT2D eigenvalue weighted by molar-refractivity contribution is 5.95. The molecule has 1 heterocycles. The van der Waals surface area contributed by atoms with Crippen LogP contribution in [0.1, 0.15) is 52.5 Å². The molecule has 35 heavy (non-hydrogen) atoms. The molecule has 0 bridgehead atoms. The Hall–Kier alpha value is -3.46. The number of carbonyl (C=O) groups is 1. The van der Waals surface area contributed by atoms with Crippen LogP contribution < -0.4 is 10.1 Å². The van der Waals surface area contributed by atoms with Crippen LogP contribution in [0, 0.1) is 29.1 Å². The third kappa shape index (κ3) is 5.00. The fourth-order valence-electron chi connectivity index (χ4n) is 5.44. The topological polar surface area (TPSA) is 76.3 Å². The van der Waals surface area contributed by atoms with Gasteiger partial charge in [0.25, 0.3) is 0 Å². The second-order valence-corrected chi connectivity index (χ2v) is 9.93. The Morgan fingerprint density at radius 3 is 2.57 bits per heavy atom. The van der Waals surface area contributed by atoms with Gasteiger partial charge < -0.3 is 14.0 Å². The minimum Gasteiger partial charge on any atom is -0.497 e. The molecule has 0 unspecified atom stereocenters. The molecule has 0 spiro atoms. The van der Waals surface area contributed by atoms with Gasteiger partial charge in [-0.05, 0) is 67.3 Å². The van der Waals surface area contributed by atoms with E-state index in [0.29, 0.717) is 35.5 Å². The van der Waals surface area contributed by atoms with Gasteiger partial charge >= 0.3 is 6.09 Å². The molecule has 6 nitrogen and oxygen atoms in total. The number of nitrogens with one attached hydrogen (secondary N) is 1. The number of nitrogens with zero attached hydrogens (tertiary/aromatic N) is 2. The van der Waals surface area contributed by atoms with Crippen LogP contribution in [-0.4, -0.2) is 23.9 Å². The number of fused-ring (bicyclic) bond motifs is 1. The molecule has 1 N–H and O–H groups in total. The maximum absolute atomic E-state index is 12.7. The summed E-state index contributed by atoms with van der Waals surface area (Å²) in [5, 5.41) is 13.7. The van der Waals surface area contributed by atoms with Gasteiger partial charge in [-0.2, -0.15) is 5.26 Å². The second kappa shape index (κ2) is 10.4. The summed E-state index contributed by atoms with van der Waals surface area (Å²) in [5.41, 5.74) is 4.05. The van der Waals surface area contributed by atoms with E-state index in [-0.39, 0.29) is 6.10 Å². The quantitative estimate of drug-likeness (QED) is 0.410. The van der Waals surface area contributed by atoms with E-state index in [2.05, 4.69) is 43.6 Å². The molecule has 1 saturated carbocycles. The molecule has 184 valence electrons. The van der Waals surface area contributed by atoms with Crippen LogP contribution >= 0.6 is 0 Å². The molecule has 1 amide bonds. The number of rotatable bonds is 6. The van der Waals surface area contributed by atoms with E-state index in [1.165, 1.54) is 6.42 Å². The van der Waals surface area contributed by atoms with Crippen LogP contribution in [0.2, 0.25) is 0 Å². The Labute approximate surface area is 207 Å². The maximum Gasteiger partial charge on any atom is 0.411 e. The molecule has 1 aliphatic carbocycles. The summed E-state index contributed by atoms with van der Waals surface area (Å²) in [4.78, 5) is 12.7. The van der Waals surface area contributed by atoms with Crippen molar-refractivity contribution < 1.29 is 14.3 Å². The molecule has 0 aliphatic heterocycles. The zero-order valence-electron chi connectivity index (χ0n) is 21.3. The molecular weight excluding hydrogens is 438 g/mol. The van der Waals surface area contributed by atoms with E-state index < -0.39 is 6.09 Å². The van der Waals surface area contributed by atoms with Crippen molar-refractivity contribution in [3.8, 4) is 23.1 Å². The van der Waals surface area contributed by atoms with Gasteiger partial charge in [0.05, 0.1) is 23.9 Å². The summed E-state index contributed by atoms with van der Waals surface area (Å²) in [6.45, 7) is 9.41. The summed E-state index contributed by atoms with van der Waals surface area (Å²) >= 11 is 0. The van der Waals surface area contributed by atoms with E-state index in [9.17, 15) is 10.1 Å². The van der Waals surface area contributed by atoms with Gasteiger partial charge in [-0.15, -0.1) is 0 Å². The molecule has 1 aromatic heterocycles. The fraction of sp³-hybridized carbons (Fsp3) is 0.448. The first-order valence-electron chi connectivity index (χ1n) is 12.5. The highest BCUT2D eigenvalue weighted by atomic mass is 16.6. The van der Waals surface area contributed by atoms with Crippen LogP contribution in [0.25, 0.3) is 22.2 Å². The van der Waals surface area contributed by atoms with Gasteiger partial charge in [-0.1, -0.05) is 39.3 Å². The van der Waals surface area contributed by atoms with Crippen molar-refractivity contribution in [1.29, 1.82) is 5.26 Å². The Balaban J connectivity index is 1.55. The first kappa shape index (κ1) is 24.7. The number of aryl methyl sites for hydroxylation is 1. The lowest BCUT2D eigenvalue weighted by atomic mass is 9.75. The summed E-state index contributed by atoms with van der Waals surface area (Å²) in [6, 6.07) is 15.8. The lowest BCUT2D eigenvalue weighted by Gasteiger charge is -2.36. The second-order valence-electron chi connectivity index (χ2n) is 9.93. The predicted octanol–water partition coefficient (Wildman–Crippen LogP) is 7.22. The third-order valence-corrected chi connectivity index (χ3v) is 7.32. The fourth-order valence-corrected chi connectivity index (χ4v) is 5.44. The van der Waals surface area contributed by atoms with Gasteiger partial charge in [0, 0.05) is 23.7 Å². The van der Waals surface area contributed by atoms with Gasteiger partial charge in [0.15, 0.2) is 0 Å². The van der Waals surface area contributed by atoms with Crippen LogP contribution in [-0.2, 0) is 11.3 Å². The van der Waals surface area contributed by atoms with Crippen molar-refractivity contribution in [2.45, 2.75) is 59.6 Å². The Bertz CT molecular complexity index is 1240. The van der Waals surface area contributed by atoms with E-state index in [1.807, 2.05) is 42.5 Å². The van der Waals surface area contributed by atoms with E-state index in [1.54, 1.807) is 7.11 Å². The normalized spacial score (nSPS) is 20.0. The maximum atomic E-state index is 12.7. The molecule has 0 saturated heterocycles. The van der Waals surface area contributed by atoms with Gasteiger partial charge in [-0.3, -0.25) is 5.32 Å². The average molecular weight is 474 g/mol. The Morgan fingerprint density at radius 2 is 1.94 bits per heavy atom. The lowest BCUT2D eigenvalue weighted by molar-refractivity contribution is 0.0126. The smallest absolute Gasteiger partial charge is 0.411 e. The van der Waals surface area contributed by atoms with Crippen molar-refractivity contribution in [2.24, 2.45) is 17.8 Å². The highest BCUT2D eigenvalue weighted by Crippen LogP contribution is 2.37. The van der Waals surface area contributed by atoms with Gasteiger partial charge in [0.2, 0.25) is 0 Å². The van der Waals surface area contributed by atoms with Crippen LogP contribution in [0.3, 0.4) is 0 Å². The van der Waals surface area contributed by atoms with Crippen LogP contribution in [0.5, 0.6) is 5.75 Å². The number of amides is 1. The van der Waals surface area contributed by atoms with Gasteiger partial charge in [0.1, 0.15) is 17.9 Å². The number of methoxy groups -OCH3 is 1. The first-order valence-corrected chi connectivity index (χ1v) is 12.5. The number of nitriles is 1. The predicted molar refractivity (Wildman–Crippen MR) is 140 cm³/mol. The standard InChI is InChI=1S/C29H35N3O3/c1-6-32-26-16-22(34-5)12-14-24(26)25(17-30)28(32)20-8-10-21(11-9-20)31-29(33)35-27-15-19(4)7-13-23(27)18(2)3/h8-12,14,16,18-19,23,27H,6-7,13,15H2,1-5H3,(H,31,33)/t19-,23+,27+/m1/s1. The Kier molecular flexibility index (Phi) is 7.35. The number of aromatic nitrogens is 1. The molecule has 4 rings (SSSR count). The molecule has 0 radical (unpaired) electrons. The molecule has 6 heteroatoms. The number of hydrogen-bond donors (Lipinski definition) is 1. The number of anilines is 1. The number of carbonyl (C=O) groups excluding carboxylic acids is 1. The molecule has 3 atom stereocenters. The van der Waals surface area contributed by atoms with Crippen molar-refractivity contribution in [2.75, 3.05) is 12.4 Å². The van der Waals surface area contributed by atoms with Crippen molar-refractivity contribution >= 4 is 22.7 Å². The van der Waals surface area contributed by atoms with Crippen LogP contribution in [0.15, 0.2) is 42.5 Å². The summed E-state index contributed by atoms with van der Waals surface area (Å²) in [7, 11) is 1.64. The molecule has 3 aromatic rings. The van der Waals surface area contributed by atoms with Gasteiger partial charge in [-0.25, -0.2) is 4.79 Å². The SMILES string of the molecule is CCn1c(-c2ccc(NC(=O)O[C@H]3C[C@H](C)CC[C@H]3C(C)C)cc2)c(C#N)c2ccc(OC)cc21.